The van der Waals surface area contributed by atoms with Gasteiger partial charge in [-0.2, -0.15) is 4.98 Å². The molecule has 1 unspecified atom stereocenters. The predicted molar refractivity (Wildman–Crippen MR) is 65.7 cm³/mol. The van der Waals surface area contributed by atoms with Crippen molar-refractivity contribution in [3.63, 3.8) is 0 Å². The average molecular weight is 311 g/mol. The number of aliphatic hydroxyl groups excluding tert-OH is 1. The Hall–Kier alpha value is -0.430. The van der Waals surface area contributed by atoms with Crippen LogP contribution in [0.2, 0.25) is 5.28 Å². The second kappa shape index (κ2) is 7.01. The molecule has 16 heavy (non-hydrogen) atoms. The number of aliphatic hydroxyl groups is 1. The molecule has 0 amide bonds. The number of hydrogen-bond acceptors (Lipinski definition) is 5. The van der Waals surface area contributed by atoms with Crippen molar-refractivity contribution in [1.29, 1.82) is 0 Å². The molecule has 1 aromatic rings. The van der Waals surface area contributed by atoms with Crippen LogP contribution in [0, 0.1) is 0 Å². The van der Waals surface area contributed by atoms with E-state index in [4.69, 9.17) is 21.4 Å². The Morgan fingerprint density at radius 3 is 3.06 bits per heavy atom. The minimum Gasteiger partial charge on any atom is -0.396 e. The highest BCUT2D eigenvalue weighted by Gasteiger charge is 2.11. The van der Waals surface area contributed by atoms with Gasteiger partial charge < -0.3 is 15.2 Å². The smallest absolute Gasteiger partial charge is 0.224 e. The van der Waals surface area contributed by atoms with Gasteiger partial charge in [0.05, 0.1) is 17.1 Å². The molecule has 0 aromatic carbocycles. The summed E-state index contributed by atoms with van der Waals surface area (Å²) in [5, 5.41) is 12.2. The van der Waals surface area contributed by atoms with Crippen LogP contribution in [0.3, 0.4) is 0 Å². The van der Waals surface area contributed by atoms with Crippen LogP contribution in [0.1, 0.15) is 6.42 Å². The zero-order valence-electron chi connectivity index (χ0n) is 8.78. The van der Waals surface area contributed by atoms with E-state index in [1.54, 1.807) is 13.3 Å². The van der Waals surface area contributed by atoms with Gasteiger partial charge in [-0.1, -0.05) is 0 Å². The first-order chi connectivity index (χ1) is 7.67. The Kier molecular flexibility index (Phi) is 5.97. The minimum atomic E-state index is -0.0164. The molecule has 0 aliphatic carbocycles. The van der Waals surface area contributed by atoms with E-state index >= 15 is 0 Å². The standard InChI is InChI=1S/C9H13BrClN3O2/c1-16-5-6(2-3-15)13-8-7(10)4-12-9(11)14-8/h4,6,15H,2-3,5H2,1H3,(H,12,13,14). The number of halogens is 2. The maximum Gasteiger partial charge on any atom is 0.224 e. The molecule has 0 saturated heterocycles. The fraction of sp³-hybridized carbons (Fsp3) is 0.556. The van der Waals surface area contributed by atoms with Crippen LogP contribution in [-0.4, -0.2) is 41.4 Å². The van der Waals surface area contributed by atoms with Gasteiger partial charge in [0.1, 0.15) is 5.82 Å². The highest BCUT2D eigenvalue weighted by Crippen LogP contribution is 2.21. The monoisotopic (exact) mass is 309 g/mol. The van der Waals surface area contributed by atoms with Gasteiger partial charge in [-0.25, -0.2) is 4.98 Å². The van der Waals surface area contributed by atoms with Crippen molar-refractivity contribution >= 4 is 33.3 Å². The van der Waals surface area contributed by atoms with E-state index in [0.29, 0.717) is 18.8 Å². The predicted octanol–water partition coefficient (Wildman–Crippen LogP) is 1.70. The van der Waals surface area contributed by atoms with E-state index in [0.717, 1.165) is 4.47 Å². The van der Waals surface area contributed by atoms with E-state index in [2.05, 4.69) is 31.2 Å². The van der Waals surface area contributed by atoms with Crippen molar-refractivity contribution in [2.24, 2.45) is 0 Å². The molecule has 1 atom stereocenters. The summed E-state index contributed by atoms with van der Waals surface area (Å²) in [4.78, 5) is 7.86. The molecular weight excluding hydrogens is 297 g/mol. The normalized spacial score (nSPS) is 12.5. The third-order valence-corrected chi connectivity index (χ3v) is 2.66. The van der Waals surface area contributed by atoms with E-state index in [9.17, 15) is 0 Å². The third-order valence-electron chi connectivity index (χ3n) is 1.90. The van der Waals surface area contributed by atoms with Crippen molar-refractivity contribution in [2.75, 3.05) is 25.6 Å². The Labute approximate surface area is 107 Å². The number of aromatic nitrogens is 2. The van der Waals surface area contributed by atoms with E-state index in [1.807, 2.05) is 0 Å². The minimum absolute atomic E-state index is 0.0164. The highest BCUT2D eigenvalue weighted by molar-refractivity contribution is 9.10. The molecule has 7 heteroatoms. The van der Waals surface area contributed by atoms with Crippen LogP contribution in [0.25, 0.3) is 0 Å². The summed E-state index contributed by atoms with van der Waals surface area (Å²) in [5.74, 6) is 0.593. The van der Waals surface area contributed by atoms with Crippen LogP contribution in [0.5, 0.6) is 0 Å². The first-order valence-corrected chi connectivity index (χ1v) is 5.88. The Morgan fingerprint density at radius 1 is 1.69 bits per heavy atom. The third kappa shape index (κ3) is 4.21. The highest BCUT2D eigenvalue weighted by atomic mass is 79.9. The lowest BCUT2D eigenvalue weighted by Gasteiger charge is -2.18. The van der Waals surface area contributed by atoms with Crippen molar-refractivity contribution in [3.8, 4) is 0 Å². The van der Waals surface area contributed by atoms with E-state index < -0.39 is 0 Å². The molecule has 1 aromatic heterocycles. The molecule has 0 fully saturated rings. The summed E-state index contributed by atoms with van der Waals surface area (Å²) in [6.45, 7) is 0.562. The van der Waals surface area contributed by atoms with E-state index in [-0.39, 0.29) is 17.9 Å². The van der Waals surface area contributed by atoms with Crippen LogP contribution in [0.15, 0.2) is 10.7 Å². The summed E-state index contributed by atoms with van der Waals surface area (Å²) < 4.78 is 5.75. The summed E-state index contributed by atoms with van der Waals surface area (Å²) in [7, 11) is 1.61. The SMILES string of the molecule is COCC(CCO)Nc1nc(Cl)ncc1Br. The van der Waals surface area contributed by atoms with Crippen LogP contribution in [0.4, 0.5) is 5.82 Å². The molecule has 0 bridgehead atoms. The summed E-state index contributed by atoms with van der Waals surface area (Å²) in [6, 6.07) is -0.0164. The lowest BCUT2D eigenvalue weighted by atomic mass is 10.2. The van der Waals surface area contributed by atoms with Crippen LogP contribution < -0.4 is 5.32 Å². The first kappa shape index (κ1) is 13.6. The lowest BCUT2D eigenvalue weighted by Crippen LogP contribution is -2.26. The number of anilines is 1. The lowest BCUT2D eigenvalue weighted by molar-refractivity contribution is 0.170. The van der Waals surface area contributed by atoms with Crippen molar-refractivity contribution < 1.29 is 9.84 Å². The van der Waals surface area contributed by atoms with Gasteiger partial charge in [-0.05, 0) is 34.0 Å². The number of methoxy groups -OCH3 is 1. The molecule has 0 radical (unpaired) electrons. The van der Waals surface area contributed by atoms with Crippen LogP contribution >= 0.6 is 27.5 Å². The largest absolute Gasteiger partial charge is 0.396 e. The zero-order valence-corrected chi connectivity index (χ0v) is 11.1. The maximum atomic E-state index is 8.90. The molecule has 5 nitrogen and oxygen atoms in total. The molecule has 0 saturated carbocycles. The molecule has 1 rings (SSSR count). The first-order valence-electron chi connectivity index (χ1n) is 4.71. The Morgan fingerprint density at radius 2 is 2.44 bits per heavy atom. The van der Waals surface area contributed by atoms with Gasteiger partial charge in [0.25, 0.3) is 0 Å². The van der Waals surface area contributed by atoms with Crippen LogP contribution in [-0.2, 0) is 4.74 Å². The summed E-state index contributed by atoms with van der Waals surface area (Å²) in [6.07, 6.45) is 2.14. The maximum absolute atomic E-state index is 8.90. The Bertz CT molecular complexity index is 335. The van der Waals surface area contributed by atoms with Crippen molar-refractivity contribution in [2.45, 2.75) is 12.5 Å². The second-order valence-corrected chi connectivity index (χ2v) is 4.34. The number of rotatable bonds is 6. The number of nitrogens with zero attached hydrogens (tertiary/aromatic N) is 2. The van der Waals surface area contributed by atoms with E-state index in [1.165, 1.54) is 0 Å². The summed E-state index contributed by atoms with van der Waals surface area (Å²) >= 11 is 9.00. The fourth-order valence-corrected chi connectivity index (χ4v) is 1.63. The van der Waals surface area contributed by atoms with Crippen molar-refractivity contribution in [1.82, 2.24) is 9.97 Å². The number of nitrogens with one attached hydrogen (secondary N) is 1. The quantitative estimate of drug-likeness (QED) is 0.783. The van der Waals surface area contributed by atoms with Gasteiger partial charge in [0.2, 0.25) is 5.28 Å². The van der Waals surface area contributed by atoms with Gasteiger partial charge in [0, 0.05) is 19.9 Å². The molecule has 0 aliphatic heterocycles. The van der Waals surface area contributed by atoms with Gasteiger partial charge in [0.15, 0.2) is 0 Å². The summed E-state index contributed by atoms with van der Waals surface area (Å²) in [5.41, 5.74) is 0. The topological polar surface area (TPSA) is 67.3 Å². The second-order valence-electron chi connectivity index (χ2n) is 3.14. The molecule has 0 aliphatic rings. The molecule has 2 N–H and O–H groups in total. The number of hydrogen-bond donors (Lipinski definition) is 2. The Balaban J connectivity index is 2.71. The van der Waals surface area contributed by atoms with Gasteiger partial charge in [-0.15, -0.1) is 0 Å². The zero-order chi connectivity index (χ0) is 12.0. The molecule has 0 spiro atoms. The fourth-order valence-electron chi connectivity index (χ4n) is 1.19. The van der Waals surface area contributed by atoms with Gasteiger partial charge >= 0.3 is 0 Å². The molecule has 90 valence electrons. The van der Waals surface area contributed by atoms with Gasteiger partial charge in [-0.3, -0.25) is 0 Å². The molecular formula is C9H13BrClN3O2. The number of ether oxygens (including phenoxy) is 1. The average Bonchev–Trinajstić information content (AvgIpc) is 2.24. The van der Waals surface area contributed by atoms with Crippen molar-refractivity contribution in [3.05, 3.63) is 16.0 Å². The molecule has 1 heterocycles.